The van der Waals surface area contributed by atoms with Crippen LogP contribution in [0.4, 0.5) is 0 Å². The molecule has 17 heteroatoms. The quantitative estimate of drug-likeness (QED) is 0.0280. The molecule has 0 heterocycles. The Bertz CT molecular complexity index is 1050. The van der Waals surface area contributed by atoms with E-state index < -0.39 is 84.9 Å². The Labute approximate surface area is 288 Å². The topological polar surface area (TPSA) is 258 Å². The second-order valence-corrected chi connectivity index (χ2v) is 12.8. The summed E-state index contributed by atoms with van der Waals surface area (Å²) in [5, 5.41) is 34.6. The van der Waals surface area contributed by atoms with Crippen LogP contribution in [-0.4, -0.2) is 113 Å². The molecule has 48 heavy (non-hydrogen) atoms. The van der Waals surface area contributed by atoms with Crippen molar-refractivity contribution in [2.24, 2.45) is 11.7 Å². The lowest BCUT2D eigenvalue weighted by molar-refractivity contribution is -0.136. The van der Waals surface area contributed by atoms with E-state index in [-0.39, 0.29) is 17.6 Å². The minimum Gasteiger partial charge on any atom is -0.789 e. The highest BCUT2D eigenvalue weighted by atomic mass is 32.1. The summed E-state index contributed by atoms with van der Waals surface area (Å²) in [4.78, 5) is 86.8. The van der Waals surface area contributed by atoms with Gasteiger partial charge < -0.3 is 65.3 Å². The Morgan fingerprint density at radius 3 is 1.75 bits per heavy atom. The van der Waals surface area contributed by atoms with Gasteiger partial charge in [-0.15, -0.1) is 0 Å². The fraction of sp³-hybridized carbons (Fsp3) is 0.774. The van der Waals surface area contributed by atoms with E-state index in [2.05, 4.69) is 31.9 Å². The van der Waals surface area contributed by atoms with Gasteiger partial charge in [0.2, 0.25) is 35.4 Å². The zero-order valence-electron chi connectivity index (χ0n) is 28.7. The number of aldehydes is 1. The first-order valence-electron chi connectivity index (χ1n) is 16.5. The zero-order chi connectivity index (χ0) is 36.8. The lowest BCUT2D eigenvalue weighted by Crippen LogP contribution is -2.61. The number of carbonyl (C=O) groups excluding carboxylic acids is 7. The smallest absolute Gasteiger partial charge is 0.245 e. The van der Waals surface area contributed by atoms with Crippen LogP contribution < -0.4 is 37.6 Å². The Hall–Kier alpha value is -3.28. The molecule has 0 aromatic heterocycles. The Morgan fingerprint density at radius 2 is 1.23 bits per heavy atom. The molecule has 0 aromatic rings. The summed E-state index contributed by atoms with van der Waals surface area (Å²) in [5.41, 5.74) is 5.65. The first-order chi connectivity index (χ1) is 22.6. The number of hydrogen-bond donors (Lipinski definition) is 9. The van der Waals surface area contributed by atoms with Crippen LogP contribution in [0.25, 0.3) is 0 Å². The monoisotopic (exact) mass is 702 g/mol. The van der Waals surface area contributed by atoms with Crippen molar-refractivity contribution in [3.8, 4) is 0 Å². The third-order valence-electron chi connectivity index (χ3n) is 7.38. The predicted octanol–water partition coefficient (Wildman–Crippen LogP) is -2.21. The standard InChI is InChI=1S/C31H57N7O9S/c1-6-21(48)11-7-8-13-25(42)33-14-10-9-12-22(35-27(43)20(5)32)28(44)36-24(17-41)30(46)38-26(18(2)3)31(47)37-23(16-40)29(45)34-19(4)15-39/h15,18-24,26,40-41,48H,6-14,16-17,32H2,1-5H3,(H,33,42)(H,34,45)(H,35,43)(H,36,44)(H,37,47)(H,38,46)/p-1/t19-,20-,21-,22-,23-,24-,26-/m0/s1. The molecular weight excluding hydrogens is 646 g/mol. The molecule has 0 aliphatic carbocycles. The van der Waals surface area contributed by atoms with Gasteiger partial charge in [0.15, 0.2) is 0 Å². The zero-order valence-corrected chi connectivity index (χ0v) is 29.5. The minimum atomic E-state index is -1.51. The molecule has 0 bridgehead atoms. The van der Waals surface area contributed by atoms with E-state index in [1.807, 2.05) is 6.92 Å². The number of amides is 6. The van der Waals surface area contributed by atoms with Gasteiger partial charge in [0.25, 0.3) is 0 Å². The lowest BCUT2D eigenvalue weighted by Gasteiger charge is -2.27. The van der Waals surface area contributed by atoms with Crippen molar-refractivity contribution in [3.63, 3.8) is 0 Å². The summed E-state index contributed by atoms with van der Waals surface area (Å²) >= 11 is 5.27. The van der Waals surface area contributed by atoms with E-state index in [4.69, 9.17) is 18.4 Å². The van der Waals surface area contributed by atoms with Crippen LogP contribution in [0.3, 0.4) is 0 Å². The molecule has 276 valence electrons. The Balaban J connectivity index is 5.27. The molecule has 16 nitrogen and oxygen atoms in total. The molecule has 0 saturated heterocycles. The fourth-order valence-electron chi connectivity index (χ4n) is 4.29. The van der Waals surface area contributed by atoms with Crippen LogP contribution in [0.1, 0.15) is 86.0 Å². The lowest BCUT2D eigenvalue weighted by atomic mass is 10.0. The second kappa shape index (κ2) is 24.8. The van der Waals surface area contributed by atoms with E-state index in [0.29, 0.717) is 32.1 Å². The van der Waals surface area contributed by atoms with Gasteiger partial charge >= 0.3 is 0 Å². The minimum absolute atomic E-state index is 0.0835. The number of nitrogens with two attached hydrogens (primary N) is 1. The van der Waals surface area contributed by atoms with Crippen LogP contribution in [0.5, 0.6) is 0 Å². The summed E-state index contributed by atoms with van der Waals surface area (Å²) in [6, 6.07) is -7.08. The number of rotatable bonds is 25. The fourth-order valence-corrected chi connectivity index (χ4v) is 4.46. The van der Waals surface area contributed by atoms with Gasteiger partial charge in [0.05, 0.1) is 25.3 Å². The van der Waals surface area contributed by atoms with Crippen LogP contribution in [0.2, 0.25) is 0 Å². The Kier molecular flexibility index (Phi) is 23.1. The van der Waals surface area contributed by atoms with Crippen LogP contribution in [0.15, 0.2) is 0 Å². The van der Waals surface area contributed by atoms with E-state index in [1.165, 1.54) is 13.8 Å². The maximum Gasteiger partial charge on any atom is 0.245 e. The molecule has 10 N–H and O–H groups in total. The van der Waals surface area contributed by atoms with Crippen molar-refractivity contribution < 1.29 is 43.8 Å². The van der Waals surface area contributed by atoms with Crippen molar-refractivity contribution in [3.05, 3.63) is 0 Å². The number of nitrogens with one attached hydrogen (secondary N) is 6. The second-order valence-electron chi connectivity index (χ2n) is 12.1. The summed E-state index contributed by atoms with van der Waals surface area (Å²) < 4.78 is 0. The van der Waals surface area contributed by atoms with Crippen LogP contribution in [0, 0.1) is 5.92 Å². The molecule has 0 fully saturated rings. The highest BCUT2D eigenvalue weighted by Crippen LogP contribution is 2.08. The maximum absolute atomic E-state index is 13.2. The molecule has 0 rings (SSSR count). The van der Waals surface area contributed by atoms with Crippen molar-refractivity contribution in [1.29, 1.82) is 0 Å². The molecule has 0 unspecified atom stereocenters. The number of aliphatic hydroxyl groups is 2. The van der Waals surface area contributed by atoms with Crippen molar-refractivity contribution >= 4 is 54.4 Å². The SMILES string of the molecule is CC[C@H]([S-])CCCCC(=O)NCCCC[C@H](NC(=O)[C@H](C)N)C(=O)N[C@@H](CO)C(=O)N[C@H](C(=O)N[C@@H](CO)C(=O)N[C@@H](C)C=O)C(C)C. The molecule has 6 amide bonds. The van der Waals surface area contributed by atoms with Gasteiger partial charge in [-0.25, -0.2) is 0 Å². The van der Waals surface area contributed by atoms with E-state index in [9.17, 15) is 43.8 Å². The third-order valence-corrected chi connectivity index (χ3v) is 7.94. The van der Waals surface area contributed by atoms with Crippen LogP contribution in [-0.2, 0) is 46.2 Å². The Morgan fingerprint density at radius 1 is 0.708 bits per heavy atom. The van der Waals surface area contributed by atoms with Gasteiger partial charge in [-0.05, 0) is 45.4 Å². The third kappa shape index (κ3) is 18.3. The number of aliphatic hydroxyl groups excluding tert-OH is 2. The summed E-state index contributed by atoms with van der Waals surface area (Å²) in [6.45, 7) is 6.82. The predicted molar refractivity (Wildman–Crippen MR) is 181 cm³/mol. The molecule has 0 aliphatic rings. The number of unbranched alkanes of at least 4 members (excludes halogenated alkanes) is 2. The van der Waals surface area contributed by atoms with Crippen molar-refractivity contribution in [2.75, 3.05) is 19.8 Å². The summed E-state index contributed by atoms with van der Waals surface area (Å²) in [6.07, 6.45) is 5.38. The van der Waals surface area contributed by atoms with Gasteiger partial charge in [-0.1, -0.05) is 40.0 Å². The number of hydrogen-bond acceptors (Lipinski definition) is 11. The summed E-state index contributed by atoms with van der Waals surface area (Å²) in [7, 11) is 0. The van der Waals surface area contributed by atoms with Gasteiger partial charge in [-0.2, -0.15) is 5.25 Å². The van der Waals surface area contributed by atoms with Crippen molar-refractivity contribution in [2.45, 2.75) is 127 Å². The number of carbonyl (C=O) groups is 7. The molecule has 0 spiro atoms. The first kappa shape index (κ1) is 44.7. The molecule has 0 aliphatic heterocycles. The first-order valence-corrected chi connectivity index (χ1v) is 17.0. The molecular formula is C31H56N7O9S-. The van der Waals surface area contributed by atoms with E-state index in [0.717, 1.165) is 25.7 Å². The molecule has 0 aromatic carbocycles. The van der Waals surface area contributed by atoms with E-state index >= 15 is 0 Å². The van der Waals surface area contributed by atoms with Gasteiger partial charge in [0, 0.05) is 13.0 Å². The molecule has 0 saturated carbocycles. The molecule has 7 atom stereocenters. The van der Waals surface area contributed by atoms with Crippen LogP contribution >= 0.6 is 0 Å². The largest absolute Gasteiger partial charge is 0.789 e. The molecule has 0 radical (unpaired) electrons. The highest BCUT2D eigenvalue weighted by molar-refractivity contribution is 7.59. The highest BCUT2D eigenvalue weighted by Gasteiger charge is 2.32. The average molecular weight is 703 g/mol. The normalized spacial score (nSPS) is 15.5. The maximum atomic E-state index is 13.2. The van der Waals surface area contributed by atoms with E-state index in [1.54, 1.807) is 13.8 Å². The summed E-state index contributed by atoms with van der Waals surface area (Å²) in [5.74, 6) is -4.56. The van der Waals surface area contributed by atoms with Crippen molar-refractivity contribution in [1.82, 2.24) is 31.9 Å². The van der Waals surface area contributed by atoms with Gasteiger partial charge in [-0.3, -0.25) is 28.8 Å². The average Bonchev–Trinajstić information content (AvgIpc) is 3.04. The van der Waals surface area contributed by atoms with Gasteiger partial charge in [0.1, 0.15) is 30.5 Å².